The predicted octanol–water partition coefficient (Wildman–Crippen LogP) is 2.76. The first-order valence-corrected chi connectivity index (χ1v) is 11.8. The van der Waals surface area contributed by atoms with Crippen LogP contribution in [0.25, 0.3) is 11.1 Å². The van der Waals surface area contributed by atoms with Crippen LogP contribution in [0.2, 0.25) is 0 Å². The number of carbonyl (C=O) groups excluding carboxylic acids is 2. The highest BCUT2D eigenvalue weighted by atomic mass is 16.6. The van der Waals surface area contributed by atoms with Crippen LogP contribution in [0.4, 0.5) is 4.79 Å². The second kappa shape index (κ2) is 7.84. The van der Waals surface area contributed by atoms with Crippen molar-refractivity contribution in [1.82, 2.24) is 10.2 Å². The number of hydrogen-bond acceptors (Lipinski definition) is 5. The van der Waals surface area contributed by atoms with Crippen molar-refractivity contribution in [2.45, 2.75) is 42.9 Å². The Bertz CT molecular complexity index is 1130. The number of hydrogen-bond donors (Lipinski definition) is 2. The zero-order valence-electron chi connectivity index (χ0n) is 18.6. The van der Waals surface area contributed by atoms with Gasteiger partial charge in [-0.25, -0.2) is 9.59 Å². The lowest BCUT2D eigenvalue weighted by atomic mass is 9.73. The van der Waals surface area contributed by atoms with E-state index in [1.807, 2.05) is 24.3 Å². The molecule has 3 saturated heterocycles. The van der Waals surface area contributed by atoms with Crippen molar-refractivity contribution in [3.63, 3.8) is 0 Å². The van der Waals surface area contributed by atoms with E-state index in [-0.39, 0.29) is 24.3 Å². The third-order valence-electron chi connectivity index (χ3n) is 7.86. The van der Waals surface area contributed by atoms with E-state index in [1.54, 1.807) is 0 Å². The molecule has 176 valence electrons. The molecule has 3 heterocycles. The maximum absolute atomic E-state index is 13.2. The minimum atomic E-state index is -1.11. The van der Waals surface area contributed by atoms with E-state index < -0.39 is 29.7 Å². The van der Waals surface area contributed by atoms with Gasteiger partial charge in [-0.1, -0.05) is 48.5 Å². The van der Waals surface area contributed by atoms with Gasteiger partial charge in [-0.3, -0.25) is 4.79 Å². The first-order chi connectivity index (χ1) is 16.5. The number of aliphatic carboxylic acids is 1. The fourth-order valence-corrected chi connectivity index (χ4v) is 6.19. The van der Waals surface area contributed by atoms with E-state index in [4.69, 9.17) is 9.47 Å². The van der Waals surface area contributed by atoms with Gasteiger partial charge in [-0.2, -0.15) is 0 Å². The van der Waals surface area contributed by atoms with Crippen molar-refractivity contribution in [1.29, 1.82) is 0 Å². The van der Waals surface area contributed by atoms with Crippen LogP contribution in [0.1, 0.15) is 36.3 Å². The lowest BCUT2D eigenvalue weighted by molar-refractivity contribution is -0.162. The molecule has 1 saturated carbocycles. The van der Waals surface area contributed by atoms with Crippen LogP contribution in [-0.4, -0.2) is 65.4 Å². The number of carboxylic acid groups (broad SMARTS) is 1. The Morgan fingerprint density at radius 3 is 2.35 bits per heavy atom. The topological polar surface area (TPSA) is 105 Å². The van der Waals surface area contributed by atoms with Gasteiger partial charge in [0.15, 0.2) is 6.10 Å². The van der Waals surface area contributed by atoms with Gasteiger partial charge in [-0.15, -0.1) is 0 Å². The second-order valence-corrected chi connectivity index (χ2v) is 9.72. The monoisotopic (exact) mass is 462 g/mol. The number of benzene rings is 2. The molecule has 34 heavy (non-hydrogen) atoms. The number of alkyl carbamates (subject to hydrolysis) is 1. The van der Waals surface area contributed by atoms with Crippen molar-refractivity contribution in [3.05, 3.63) is 59.7 Å². The van der Waals surface area contributed by atoms with Crippen LogP contribution in [-0.2, 0) is 19.1 Å². The van der Waals surface area contributed by atoms with Gasteiger partial charge in [-0.05, 0) is 47.4 Å². The number of nitrogens with zero attached hydrogens (tertiary/aromatic N) is 1. The summed E-state index contributed by atoms with van der Waals surface area (Å²) in [6.07, 6.45) is -0.0426. The Kier molecular flexibility index (Phi) is 4.88. The molecule has 2 N–H and O–H groups in total. The van der Waals surface area contributed by atoms with E-state index in [1.165, 1.54) is 4.90 Å². The van der Waals surface area contributed by atoms with Crippen molar-refractivity contribution in [2.24, 2.45) is 5.92 Å². The molecule has 2 aromatic rings. The van der Waals surface area contributed by atoms with E-state index in [0.717, 1.165) is 22.3 Å². The summed E-state index contributed by atoms with van der Waals surface area (Å²) >= 11 is 0. The minimum Gasteiger partial charge on any atom is -0.479 e. The Balaban J connectivity index is 1.11. The summed E-state index contributed by atoms with van der Waals surface area (Å²) in [5.41, 5.74) is 3.44. The molecule has 0 spiro atoms. The maximum atomic E-state index is 13.2. The van der Waals surface area contributed by atoms with E-state index in [9.17, 15) is 19.5 Å². The molecule has 5 aliphatic rings. The predicted molar refractivity (Wildman–Crippen MR) is 121 cm³/mol. The molecule has 4 fully saturated rings. The van der Waals surface area contributed by atoms with Gasteiger partial charge >= 0.3 is 12.1 Å². The number of rotatable bonds is 5. The van der Waals surface area contributed by atoms with Crippen LogP contribution in [0.5, 0.6) is 0 Å². The molecule has 2 aromatic carbocycles. The van der Waals surface area contributed by atoms with E-state index in [2.05, 4.69) is 29.6 Å². The van der Waals surface area contributed by atoms with Crippen molar-refractivity contribution in [3.8, 4) is 11.1 Å². The third kappa shape index (κ3) is 3.12. The number of ether oxygens (including phenoxy) is 2. The number of carboxylic acids is 1. The van der Waals surface area contributed by atoms with Gasteiger partial charge in [0.2, 0.25) is 0 Å². The fraction of sp³-hybridized carbons (Fsp3) is 0.423. The zero-order chi connectivity index (χ0) is 23.4. The van der Waals surface area contributed by atoms with Gasteiger partial charge in [0.25, 0.3) is 5.91 Å². The largest absolute Gasteiger partial charge is 0.479 e. The molecular formula is C26H26N2O6. The molecule has 3 aliphatic heterocycles. The number of carbonyl (C=O) groups is 3. The van der Waals surface area contributed by atoms with Crippen LogP contribution in [0.3, 0.4) is 0 Å². The molecule has 2 atom stereocenters. The Labute approximate surface area is 196 Å². The molecule has 2 aliphatic carbocycles. The molecule has 0 aromatic heterocycles. The van der Waals surface area contributed by atoms with Gasteiger partial charge in [0.1, 0.15) is 12.1 Å². The highest BCUT2D eigenvalue weighted by Gasteiger charge is 2.64. The van der Waals surface area contributed by atoms with Gasteiger partial charge in [0, 0.05) is 19.1 Å². The van der Waals surface area contributed by atoms with Crippen LogP contribution >= 0.6 is 0 Å². The molecule has 8 nitrogen and oxygen atoms in total. The average molecular weight is 463 g/mol. The van der Waals surface area contributed by atoms with Gasteiger partial charge < -0.3 is 24.8 Å². The Morgan fingerprint density at radius 1 is 1.06 bits per heavy atom. The van der Waals surface area contributed by atoms with Crippen molar-refractivity contribution < 1.29 is 29.0 Å². The lowest BCUT2D eigenvalue weighted by Gasteiger charge is -2.38. The lowest BCUT2D eigenvalue weighted by Crippen LogP contribution is -2.58. The molecule has 2 unspecified atom stereocenters. The molecule has 7 rings (SSSR count). The minimum absolute atomic E-state index is 0.0535. The fourth-order valence-electron chi connectivity index (χ4n) is 6.19. The average Bonchev–Trinajstić information content (AvgIpc) is 3.57. The maximum Gasteiger partial charge on any atom is 0.407 e. The summed E-state index contributed by atoms with van der Waals surface area (Å²) in [6, 6.07) is 15.7. The third-order valence-corrected chi connectivity index (χ3v) is 7.86. The Hall–Kier alpha value is -3.39. The number of fused-ring (bicyclic) bond motifs is 4. The van der Waals surface area contributed by atoms with Crippen LogP contribution in [0.15, 0.2) is 48.5 Å². The molecule has 2 amide bonds. The SMILES string of the molecule is O=C(NC1CCOC1C(=O)N1CC2CC1(C(=O)O)C2)OCC1c2ccccc2-c2ccccc21. The molecule has 8 heteroatoms. The summed E-state index contributed by atoms with van der Waals surface area (Å²) in [6.45, 7) is 0.937. The zero-order valence-corrected chi connectivity index (χ0v) is 18.6. The number of amides is 2. The summed E-state index contributed by atoms with van der Waals surface area (Å²) in [5.74, 6) is -1.14. The normalized spacial score (nSPS) is 28.7. The highest BCUT2D eigenvalue weighted by Crippen LogP contribution is 2.51. The van der Waals surface area contributed by atoms with Crippen molar-refractivity contribution in [2.75, 3.05) is 19.8 Å². The quantitative estimate of drug-likeness (QED) is 0.708. The van der Waals surface area contributed by atoms with Crippen molar-refractivity contribution >= 4 is 18.0 Å². The molecular weight excluding hydrogens is 436 g/mol. The summed E-state index contributed by atoms with van der Waals surface area (Å²) in [7, 11) is 0. The van der Waals surface area contributed by atoms with Crippen LogP contribution < -0.4 is 5.32 Å². The number of nitrogens with one attached hydrogen (secondary N) is 1. The van der Waals surface area contributed by atoms with E-state index >= 15 is 0 Å². The van der Waals surface area contributed by atoms with E-state index in [0.29, 0.717) is 32.4 Å². The standard InChI is InChI=1S/C26H26N2O6/c29-23(28-13-15-11-26(28,12-15)24(30)31)22-21(9-10-33-22)27-25(32)34-14-20-18-7-3-1-5-16(18)17-6-2-4-8-19(17)20/h1-8,15,20-22H,9-14H2,(H,27,32)(H,30,31). The first-order valence-electron chi connectivity index (χ1n) is 11.8. The summed E-state index contributed by atoms with van der Waals surface area (Å²) in [4.78, 5) is 39.1. The summed E-state index contributed by atoms with van der Waals surface area (Å²) in [5, 5.41) is 12.5. The van der Waals surface area contributed by atoms with Crippen LogP contribution in [0, 0.1) is 5.92 Å². The summed E-state index contributed by atoms with van der Waals surface area (Å²) < 4.78 is 11.3. The Morgan fingerprint density at radius 2 is 1.71 bits per heavy atom. The molecule has 2 bridgehead atoms. The molecule has 0 radical (unpaired) electrons. The smallest absolute Gasteiger partial charge is 0.407 e. The highest BCUT2D eigenvalue weighted by molar-refractivity contribution is 5.92. The second-order valence-electron chi connectivity index (χ2n) is 9.72. The first kappa shape index (κ1) is 21.2. The van der Waals surface area contributed by atoms with Gasteiger partial charge in [0.05, 0.1) is 6.04 Å².